The fourth-order valence-electron chi connectivity index (χ4n) is 4.77. The van der Waals surface area contributed by atoms with Gasteiger partial charge in [0.05, 0.1) is 4.90 Å². The van der Waals surface area contributed by atoms with E-state index in [1.54, 1.807) is 48.7 Å². The minimum Gasteiger partial charge on any atom is -0.480 e. The first-order chi connectivity index (χ1) is 20.2. The number of piperidine rings is 1. The van der Waals surface area contributed by atoms with Gasteiger partial charge in [0.15, 0.2) is 0 Å². The van der Waals surface area contributed by atoms with Crippen molar-refractivity contribution in [1.29, 1.82) is 0 Å². The van der Waals surface area contributed by atoms with Crippen molar-refractivity contribution < 1.29 is 27.9 Å². The van der Waals surface area contributed by atoms with Gasteiger partial charge in [0, 0.05) is 37.8 Å². The van der Waals surface area contributed by atoms with Gasteiger partial charge in [-0.05, 0) is 61.2 Å². The number of nitrogens with zero attached hydrogens (tertiary/aromatic N) is 2. The van der Waals surface area contributed by atoms with Crippen LogP contribution in [-0.2, 0) is 30.8 Å². The highest BCUT2D eigenvalue weighted by atomic mass is 32.2. The standard InChI is InChI=1S/C30H35N5O6S/c36-28(13-8-19-32-27-12-4-6-18-31-27)33-23-16-14-22(15-17-23)21-25(30(38)39)34-29(37)26-11-5-7-20-35(26)42(40,41)24-9-2-1-3-10-24/h1-4,6,9-10,12,14-18,25-26H,5,7-8,11,13,19-21H2,(H,31,32)(H,33,36)(H,34,37)(H,38,39). The van der Waals surface area contributed by atoms with Crippen molar-refractivity contribution in [2.75, 3.05) is 23.7 Å². The Morgan fingerprint density at radius 1 is 0.976 bits per heavy atom. The molecular formula is C30H35N5O6S. The van der Waals surface area contributed by atoms with Crippen LogP contribution in [0, 0.1) is 0 Å². The summed E-state index contributed by atoms with van der Waals surface area (Å²) in [6, 6.07) is 17.9. The average Bonchev–Trinajstić information content (AvgIpc) is 3.00. The number of benzene rings is 2. The first kappa shape index (κ1) is 30.7. The van der Waals surface area contributed by atoms with Crippen LogP contribution in [-0.4, -0.2) is 65.8 Å². The molecule has 2 atom stereocenters. The molecule has 1 saturated heterocycles. The Morgan fingerprint density at radius 2 is 1.71 bits per heavy atom. The van der Waals surface area contributed by atoms with E-state index < -0.39 is 34.0 Å². The highest BCUT2D eigenvalue weighted by molar-refractivity contribution is 7.89. The number of carboxylic acid groups (broad SMARTS) is 1. The number of sulfonamides is 1. The van der Waals surface area contributed by atoms with E-state index in [2.05, 4.69) is 20.9 Å². The fraction of sp³-hybridized carbons (Fsp3) is 0.333. The molecule has 222 valence electrons. The Balaban J connectivity index is 1.30. The maximum atomic E-state index is 13.2. The van der Waals surface area contributed by atoms with Crippen molar-refractivity contribution in [1.82, 2.24) is 14.6 Å². The van der Waals surface area contributed by atoms with Gasteiger partial charge < -0.3 is 21.1 Å². The van der Waals surface area contributed by atoms with Crippen LogP contribution in [0.2, 0.25) is 0 Å². The van der Waals surface area contributed by atoms with Gasteiger partial charge in [-0.1, -0.05) is 42.8 Å². The molecule has 2 amide bonds. The number of pyridine rings is 1. The molecule has 12 heteroatoms. The van der Waals surface area contributed by atoms with Crippen LogP contribution < -0.4 is 16.0 Å². The summed E-state index contributed by atoms with van der Waals surface area (Å²) in [5.41, 5.74) is 1.21. The molecule has 11 nitrogen and oxygen atoms in total. The lowest BCUT2D eigenvalue weighted by Crippen LogP contribution is -2.55. The normalized spacial score (nSPS) is 16.2. The van der Waals surface area contributed by atoms with Crippen LogP contribution in [0.15, 0.2) is 83.9 Å². The summed E-state index contributed by atoms with van der Waals surface area (Å²) in [4.78, 5) is 41.8. The summed E-state index contributed by atoms with van der Waals surface area (Å²) < 4.78 is 27.7. The van der Waals surface area contributed by atoms with Crippen molar-refractivity contribution in [2.45, 2.75) is 55.5 Å². The SMILES string of the molecule is O=C(CCCNc1ccccn1)Nc1ccc(CC(NC(=O)C2CCCCN2S(=O)(=O)c2ccccc2)C(=O)O)cc1. The third-order valence-electron chi connectivity index (χ3n) is 6.95. The topological polar surface area (TPSA) is 158 Å². The van der Waals surface area contributed by atoms with Crippen LogP contribution in [0.1, 0.15) is 37.7 Å². The lowest BCUT2D eigenvalue weighted by atomic mass is 10.0. The highest BCUT2D eigenvalue weighted by Crippen LogP contribution is 2.25. The first-order valence-corrected chi connectivity index (χ1v) is 15.3. The van der Waals surface area contributed by atoms with Crippen molar-refractivity contribution in [3.8, 4) is 0 Å². The number of carboxylic acids is 1. The molecule has 2 heterocycles. The second kappa shape index (κ2) is 14.6. The molecule has 4 N–H and O–H groups in total. The van der Waals surface area contributed by atoms with Gasteiger partial charge in [-0.25, -0.2) is 18.2 Å². The largest absolute Gasteiger partial charge is 0.480 e. The van der Waals surface area contributed by atoms with E-state index in [1.165, 1.54) is 16.4 Å². The molecule has 1 aliphatic rings. The molecule has 2 unspecified atom stereocenters. The van der Waals surface area contributed by atoms with Gasteiger partial charge in [-0.15, -0.1) is 0 Å². The zero-order valence-corrected chi connectivity index (χ0v) is 23.9. The molecule has 4 rings (SSSR count). The number of aliphatic carboxylic acids is 1. The predicted molar refractivity (Wildman–Crippen MR) is 158 cm³/mol. The number of hydrogen-bond acceptors (Lipinski definition) is 7. The van der Waals surface area contributed by atoms with E-state index in [0.717, 1.165) is 5.82 Å². The lowest BCUT2D eigenvalue weighted by molar-refractivity contribution is -0.142. The number of rotatable bonds is 13. The highest BCUT2D eigenvalue weighted by Gasteiger charge is 2.38. The van der Waals surface area contributed by atoms with Gasteiger partial charge in [0.1, 0.15) is 17.9 Å². The Morgan fingerprint density at radius 3 is 2.40 bits per heavy atom. The number of carbonyl (C=O) groups is 3. The second-order valence-corrected chi connectivity index (χ2v) is 11.9. The van der Waals surface area contributed by atoms with Gasteiger partial charge in [-0.2, -0.15) is 4.31 Å². The summed E-state index contributed by atoms with van der Waals surface area (Å²) in [5.74, 6) is -1.27. The van der Waals surface area contributed by atoms with Crippen LogP contribution in [0.5, 0.6) is 0 Å². The van der Waals surface area contributed by atoms with Gasteiger partial charge in [0.25, 0.3) is 0 Å². The van der Waals surface area contributed by atoms with E-state index in [4.69, 9.17) is 0 Å². The van der Waals surface area contributed by atoms with E-state index in [-0.39, 0.29) is 23.8 Å². The number of hydrogen-bond donors (Lipinski definition) is 4. The number of aromatic nitrogens is 1. The smallest absolute Gasteiger partial charge is 0.326 e. The van der Waals surface area contributed by atoms with Crippen LogP contribution in [0.25, 0.3) is 0 Å². The maximum Gasteiger partial charge on any atom is 0.326 e. The molecule has 3 aromatic rings. The molecule has 1 aromatic heterocycles. The monoisotopic (exact) mass is 593 g/mol. The van der Waals surface area contributed by atoms with Crippen LogP contribution in [0.4, 0.5) is 11.5 Å². The fourth-order valence-corrected chi connectivity index (χ4v) is 6.44. The summed E-state index contributed by atoms with van der Waals surface area (Å²) >= 11 is 0. The molecule has 1 fully saturated rings. The van der Waals surface area contributed by atoms with E-state index >= 15 is 0 Å². The van der Waals surface area contributed by atoms with Crippen LogP contribution in [0.3, 0.4) is 0 Å². The summed E-state index contributed by atoms with van der Waals surface area (Å²) in [5, 5.41) is 18.3. The van der Waals surface area contributed by atoms with Gasteiger partial charge >= 0.3 is 5.97 Å². The molecule has 1 aliphatic heterocycles. The Kier molecular flexibility index (Phi) is 10.6. The molecule has 42 heavy (non-hydrogen) atoms. The van der Waals surface area contributed by atoms with Crippen molar-refractivity contribution in [2.24, 2.45) is 0 Å². The van der Waals surface area contributed by atoms with Crippen LogP contribution >= 0.6 is 0 Å². The molecule has 0 bridgehead atoms. The summed E-state index contributed by atoms with van der Waals surface area (Å²) in [6.07, 6.45) is 4.19. The maximum absolute atomic E-state index is 13.2. The molecule has 0 radical (unpaired) electrons. The predicted octanol–water partition coefficient (Wildman–Crippen LogP) is 3.27. The Labute approximate surface area is 245 Å². The molecule has 2 aromatic carbocycles. The number of amides is 2. The van der Waals surface area contributed by atoms with E-state index in [1.807, 2.05) is 18.2 Å². The molecular weight excluding hydrogens is 558 g/mol. The number of nitrogens with one attached hydrogen (secondary N) is 3. The number of carbonyl (C=O) groups excluding carboxylic acids is 2. The van der Waals surface area contributed by atoms with Gasteiger partial charge in [0.2, 0.25) is 21.8 Å². The number of anilines is 2. The Bertz CT molecular complexity index is 1450. The lowest BCUT2D eigenvalue weighted by Gasteiger charge is -2.34. The third kappa shape index (κ3) is 8.37. The minimum atomic E-state index is -3.92. The average molecular weight is 594 g/mol. The quantitative estimate of drug-likeness (QED) is 0.220. The summed E-state index contributed by atoms with van der Waals surface area (Å²) in [6.45, 7) is 0.781. The van der Waals surface area contributed by atoms with Crippen molar-refractivity contribution in [3.63, 3.8) is 0 Å². The Hall–Kier alpha value is -4.29. The zero-order valence-electron chi connectivity index (χ0n) is 23.1. The van der Waals surface area contributed by atoms with E-state index in [0.29, 0.717) is 49.9 Å². The van der Waals surface area contributed by atoms with Crippen molar-refractivity contribution in [3.05, 3.63) is 84.6 Å². The third-order valence-corrected chi connectivity index (χ3v) is 8.87. The van der Waals surface area contributed by atoms with Crippen molar-refractivity contribution >= 4 is 39.3 Å². The molecule has 0 saturated carbocycles. The first-order valence-electron chi connectivity index (χ1n) is 13.9. The van der Waals surface area contributed by atoms with Gasteiger partial charge in [-0.3, -0.25) is 9.59 Å². The molecule has 0 aliphatic carbocycles. The summed E-state index contributed by atoms with van der Waals surface area (Å²) in [7, 11) is -3.92. The molecule has 0 spiro atoms. The van der Waals surface area contributed by atoms with E-state index in [9.17, 15) is 27.9 Å². The second-order valence-electron chi connectivity index (χ2n) is 10.0. The zero-order chi connectivity index (χ0) is 30.0. The minimum absolute atomic E-state index is 0.00730.